The van der Waals surface area contributed by atoms with Crippen LogP contribution in [0.2, 0.25) is 0 Å². The Kier molecular flexibility index (Phi) is 6.68. The van der Waals surface area contributed by atoms with Crippen LogP contribution in [-0.4, -0.2) is 36.5 Å². The number of hydrogen-bond acceptors (Lipinski definition) is 3. The van der Waals surface area contributed by atoms with E-state index in [0.29, 0.717) is 13.1 Å². The molecule has 0 aliphatic rings. The molecule has 0 bridgehead atoms. The van der Waals surface area contributed by atoms with Crippen molar-refractivity contribution in [2.75, 3.05) is 19.6 Å². The lowest BCUT2D eigenvalue weighted by molar-refractivity contribution is -0.123. The Morgan fingerprint density at radius 3 is 2.50 bits per heavy atom. The molecule has 1 rings (SSSR count). The lowest BCUT2D eigenvalue weighted by Crippen LogP contribution is -2.43. The number of nitrogens with zero attached hydrogens (tertiary/aromatic N) is 1. The van der Waals surface area contributed by atoms with Crippen molar-refractivity contribution in [1.82, 2.24) is 10.2 Å². The SMILES string of the molecule is CCN(CC(=O)NC(C)C)C(CN)c1ccccc1C. The van der Waals surface area contributed by atoms with E-state index in [1.807, 2.05) is 26.0 Å². The lowest BCUT2D eigenvalue weighted by atomic mass is 10.00. The molecule has 1 atom stereocenters. The molecule has 0 radical (unpaired) electrons. The minimum absolute atomic E-state index is 0.0499. The van der Waals surface area contributed by atoms with E-state index in [4.69, 9.17) is 5.73 Å². The number of benzene rings is 1. The molecular formula is C16H27N3O. The van der Waals surface area contributed by atoms with Gasteiger partial charge in [-0.3, -0.25) is 9.69 Å². The first-order chi connectivity index (χ1) is 9.49. The van der Waals surface area contributed by atoms with E-state index < -0.39 is 0 Å². The third-order valence-corrected chi connectivity index (χ3v) is 3.41. The topological polar surface area (TPSA) is 58.4 Å². The van der Waals surface area contributed by atoms with Crippen LogP contribution in [0.1, 0.15) is 37.9 Å². The van der Waals surface area contributed by atoms with Gasteiger partial charge in [-0.1, -0.05) is 31.2 Å². The molecule has 4 heteroatoms. The molecule has 1 aromatic rings. The first-order valence-electron chi connectivity index (χ1n) is 7.28. The third-order valence-electron chi connectivity index (χ3n) is 3.41. The molecule has 0 fully saturated rings. The summed E-state index contributed by atoms with van der Waals surface area (Å²) in [5, 5.41) is 2.93. The molecule has 0 aromatic heterocycles. The molecule has 112 valence electrons. The van der Waals surface area contributed by atoms with Gasteiger partial charge in [0, 0.05) is 18.6 Å². The second kappa shape index (κ2) is 8.02. The Morgan fingerprint density at radius 2 is 2.00 bits per heavy atom. The zero-order valence-electron chi connectivity index (χ0n) is 13.0. The average Bonchev–Trinajstić information content (AvgIpc) is 2.39. The standard InChI is InChI=1S/C16H27N3O/c1-5-19(11-16(20)18-12(2)3)15(10-17)14-9-7-6-8-13(14)4/h6-9,12,15H,5,10-11,17H2,1-4H3,(H,18,20). The number of rotatable bonds is 7. The van der Waals surface area contributed by atoms with Crippen LogP contribution in [0.5, 0.6) is 0 Å². The maximum absolute atomic E-state index is 12.0. The van der Waals surface area contributed by atoms with Gasteiger partial charge in [-0.15, -0.1) is 0 Å². The van der Waals surface area contributed by atoms with E-state index in [9.17, 15) is 4.79 Å². The van der Waals surface area contributed by atoms with Gasteiger partial charge in [0.05, 0.1) is 6.54 Å². The molecule has 0 saturated carbocycles. The second-order valence-corrected chi connectivity index (χ2v) is 5.39. The Balaban J connectivity index is 2.85. The van der Waals surface area contributed by atoms with E-state index in [0.717, 1.165) is 6.54 Å². The van der Waals surface area contributed by atoms with Crippen LogP contribution >= 0.6 is 0 Å². The molecule has 1 amide bonds. The Bertz CT molecular complexity index is 431. The molecule has 0 aliphatic carbocycles. The summed E-state index contributed by atoms with van der Waals surface area (Å²) in [7, 11) is 0. The highest BCUT2D eigenvalue weighted by Crippen LogP contribution is 2.22. The van der Waals surface area contributed by atoms with Crippen molar-refractivity contribution < 1.29 is 4.79 Å². The number of amides is 1. The van der Waals surface area contributed by atoms with Gasteiger partial charge in [0.1, 0.15) is 0 Å². The highest BCUT2D eigenvalue weighted by Gasteiger charge is 2.21. The molecule has 1 unspecified atom stereocenters. The fraction of sp³-hybridized carbons (Fsp3) is 0.562. The average molecular weight is 277 g/mol. The number of nitrogens with one attached hydrogen (secondary N) is 1. The van der Waals surface area contributed by atoms with Gasteiger partial charge in [-0.05, 0) is 38.4 Å². The van der Waals surface area contributed by atoms with Crippen LogP contribution in [0.4, 0.5) is 0 Å². The Morgan fingerprint density at radius 1 is 1.35 bits per heavy atom. The smallest absolute Gasteiger partial charge is 0.234 e. The van der Waals surface area contributed by atoms with Crippen molar-refractivity contribution in [3.8, 4) is 0 Å². The number of aryl methyl sites for hydroxylation is 1. The normalized spacial score (nSPS) is 12.8. The van der Waals surface area contributed by atoms with Crippen molar-refractivity contribution in [3.05, 3.63) is 35.4 Å². The molecule has 1 aromatic carbocycles. The molecule has 0 heterocycles. The van der Waals surface area contributed by atoms with E-state index >= 15 is 0 Å². The number of carbonyl (C=O) groups excluding carboxylic acids is 1. The number of hydrogen-bond donors (Lipinski definition) is 2. The van der Waals surface area contributed by atoms with Gasteiger partial charge in [0.25, 0.3) is 0 Å². The van der Waals surface area contributed by atoms with Crippen LogP contribution in [0.25, 0.3) is 0 Å². The molecule has 4 nitrogen and oxygen atoms in total. The summed E-state index contributed by atoms with van der Waals surface area (Å²) in [5.41, 5.74) is 8.37. The van der Waals surface area contributed by atoms with Crippen molar-refractivity contribution in [3.63, 3.8) is 0 Å². The summed E-state index contributed by atoms with van der Waals surface area (Å²) in [4.78, 5) is 14.1. The maximum atomic E-state index is 12.0. The lowest BCUT2D eigenvalue weighted by Gasteiger charge is -2.30. The van der Waals surface area contributed by atoms with Crippen molar-refractivity contribution in [2.45, 2.75) is 39.8 Å². The largest absolute Gasteiger partial charge is 0.353 e. The van der Waals surface area contributed by atoms with Gasteiger partial charge in [0.2, 0.25) is 5.91 Å². The second-order valence-electron chi connectivity index (χ2n) is 5.39. The summed E-state index contributed by atoms with van der Waals surface area (Å²) in [6, 6.07) is 8.46. The molecule has 0 aliphatic heterocycles. The van der Waals surface area contributed by atoms with Crippen LogP contribution in [-0.2, 0) is 4.79 Å². The molecular weight excluding hydrogens is 250 g/mol. The van der Waals surface area contributed by atoms with Gasteiger partial charge >= 0.3 is 0 Å². The zero-order chi connectivity index (χ0) is 15.1. The molecule has 20 heavy (non-hydrogen) atoms. The van der Waals surface area contributed by atoms with E-state index in [1.165, 1.54) is 11.1 Å². The maximum Gasteiger partial charge on any atom is 0.234 e. The summed E-state index contributed by atoms with van der Waals surface area (Å²) in [5.74, 6) is 0.0499. The Labute approximate surface area is 122 Å². The highest BCUT2D eigenvalue weighted by molar-refractivity contribution is 5.78. The third kappa shape index (κ3) is 4.62. The van der Waals surface area contributed by atoms with Crippen LogP contribution in [0.15, 0.2) is 24.3 Å². The van der Waals surface area contributed by atoms with Crippen LogP contribution in [0.3, 0.4) is 0 Å². The summed E-state index contributed by atoms with van der Waals surface area (Å²) in [6.07, 6.45) is 0. The minimum atomic E-state index is 0.0499. The van der Waals surface area contributed by atoms with E-state index in [1.54, 1.807) is 0 Å². The summed E-state index contributed by atoms with van der Waals surface area (Å²) < 4.78 is 0. The van der Waals surface area contributed by atoms with Crippen molar-refractivity contribution in [2.24, 2.45) is 5.73 Å². The number of carbonyl (C=O) groups is 1. The highest BCUT2D eigenvalue weighted by atomic mass is 16.2. The number of nitrogens with two attached hydrogens (primary N) is 1. The monoisotopic (exact) mass is 277 g/mol. The quantitative estimate of drug-likeness (QED) is 0.799. The predicted octanol–water partition coefficient (Wildman–Crippen LogP) is 1.84. The molecule has 3 N–H and O–H groups in total. The fourth-order valence-corrected chi connectivity index (χ4v) is 2.43. The summed E-state index contributed by atoms with van der Waals surface area (Å²) >= 11 is 0. The first-order valence-corrected chi connectivity index (χ1v) is 7.28. The van der Waals surface area contributed by atoms with Gasteiger partial charge in [-0.2, -0.15) is 0 Å². The number of likely N-dealkylation sites (N-methyl/N-ethyl adjacent to an activating group) is 1. The van der Waals surface area contributed by atoms with E-state index in [2.05, 4.69) is 36.2 Å². The molecule has 0 spiro atoms. The first kappa shape index (κ1) is 16.7. The minimum Gasteiger partial charge on any atom is -0.353 e. The van der Waals surface area contributed by atoms with Gasteiger partial charge < -0.3 is 11.1 Å². The van der Waals surface area contributed by atoms with Crippen molar-refractivity contribution >= 4 is 5.91 Å². The van der Waals surface area contributed by atoms with Crippen LogP contribution in [0, 0.1) is 6.92 Å². The summed E-state index contributed by atoms with van der Waals surface area (Å²) in [6.45, 7) is 9.76. The predicted molar refractivity (Wildman–Crippen MR) is 83.5 cm³/mol. The Hall–Kier alpha value is -1.39. The van der Waals surface area contributed by atoms with Gasteiger partial charge in [-0.25, -0.2) is 0 Å². The van der Waals surface area contributed by atoms with Gasteiger partial charge in [0.15, 0.2) is 0 Å². The fourth-order valence-electron chi connectivity index (χ4n) is 2.43. The van der Waals surface area contributed by atoms with Crippen LogP contribution < -0.4 is 11.1 Å². The van der Waals surface area contributed by atoms with E-state index in [-0.39, 0.29) is 18.0 Å². The molecule has 0 saturated heterocycles. The van der Waals surface area contributed by atoms with Crippen molar-refractivity contribution in [1.29, 1.82) is 0 Å². The zero-order valence-corrected chi connectivity index (χ0v) is 13.0.